The number of rotatable bonds is 13. The fourth-order valence-corrected chi connectivity index (χ4v) is 5.84. The van der Waals surface area contributed by atoms with E-state index in [4.69, 9.17) is 9.05 Å². The van der Waals surface area contributed by atoms with Crippen molar-refractivity contribution in [2.75, 3.05) is 24.7 Å². The first-order valence-electron chi connectivity index (χ1n) is 9.70. The molecule has 10 heteroatoms. The van der Waals surface area contributed by atoms with E-state index in [-0.39, 0.29) is 46.8 Å². The normalized spacial score (nSPS) is 13.3. The van der Waals surface area contributed by atoms with Crippen LogP contribution in [-0.4, -0.2) is 40.6 Å². The highest BCUT2D eigenvalue weighted by Crippen LogP contribution is 2.67. The Morgan fingerprint density at radius 3 is 1.48 bits per heavy atom. The van der Waals surface area contributed by atoms with Crippen molar-refractivity contribution in [3.8, 4) is 0 Å². The number of alkyl halides is 2. The van der Waals surface area contributed by atoms with Crippen LogP contribution < -0.4 is 0 Å². The molecule has 0 rings (SSSR count). The fraction of sp³-hybridized carbons (Fsp3) is 0.895. The van der Waals surface area contributed by atoms with Gasteiger partial charge >= 0.3 is 13.3 Å². The van der Waals surface area contributed by atoms with Crippen LogP contribution in [0, 0.1) is 17.3 Å². The molecule has 0 spiro atoms. The van der Waals surface area contributed by atoms with Gasteiger partial charge in [-0.1, -0.05) is 72.0 Å². The van der Waals surface area contributed by atoms with Gasteiger partial charge in [0.2, 0.25) is 0 Å². The number of carbonyl (C=O) groups excluding carboxylic acids is 2. The largest absolute Gasteiger partial charge is 0.400 e. The molecule has 0 aliphatic heterocycles. The van der Waals surface area contributed by atoms with Gasteiger partial charge in [0.25, 0.3) is 0 Å². The minimum absolute atomic E-state index is 0.0676. The molecule has 0 aromatic heterocycles. The molecule has 0 saturated carbocycles. The summed E-state index contributed by atoms with van der Waals surface area (Å²) in [6.07, 6.45) is 0.747. The average molecular weight is 477 g/mol. The van der Waals surface area contributed by atoms with Gasteiger partial charge in [-0.3, -0.25) is 14.2 Å². The predicted octanol–water partition coefficient (Wildman–Crippen LogP) is 6.46. The van der Waals surface area contributed by atoms with Crippen LogP contribution in [0.2, 0.25) is 0 Å². The molecule has 0 aromatic rings. The van der Waals surface area contributed by atoms with Gasteiger partial charge in [0.05, 0.1) is 13.2 Å². The second kappa shape index (κ2) is 12.8. The van der Waals surface area contributed by atoms with Crippen molar-refractivity contribution >= 4 is 41.4 Å². The smallest absolute Gasteiger partial charge is 0.304 e. The summed E-state index contributed by atoms with van der Waals surface area (Å²) in [7, 11) is -4.80. The minimum Gasteiger partial charge on any atom is -0.304 e. The van der Waals surface area contributed by atoms with E-state index in [1.165, 1.54) is 20.8 Å². The van der Waals surface area contributed by atoms with Crippen LogP contribution >= 0.6 is 31.1 Å². The quantitative estimate of drug-likeness (QED) is 0.223. The first kappa shape index (κ1) is 29.1. The molecule has 0 heterocycles. The van der Waals surface area contributed by atoms with E-state index in [1.54, 1.807) is 0 Å². The Kier molecular flexibility index (Phi) is 12.8. The highest BCUT2D eigenvalue weighted by atomic mass is 32.2. The SMILES string of the molecule is CC(C)CC(=O)SCCOP(=O)(OCCSC(=O)CC(C)C)C(F)(F)C(C)(C)C. The molecule has 0 fully saturated rings. The van der Waals surface area contributed by atoms with Gasteiger partial charge < -0.3 is 9.05 Å². The van der Waals surface area contributed by atoms with Gasteiger partial charge in [-0.2, -0.15) is 8.78 Å². The molecule has 29 heavy (non-hydrogen) atoms. The van der Waals surface area contributed by atoms with Crippen molar-refractivity contribution in [2.45, 2.75) is 67.0 Å². The van der Waals surface area contributed by atoms with Gasteiger partial charge in [-0.15, -0.1) is 0 Å². The molecule has 0 unspecified atom stereocenters. The summed E-state index contributed by atoms with van der Waals surface area (Å²) in [4.78, 5) is 23.4. The highest BCUT2D eigenvalue weighted by molar-refractivity contribution is 8.13. The van der Waals surface area contributed by atoms with Crippen molar-refractivity contribution < 1.29 is 32.0 Å². The third kappa shape index (κ3) is 10.8. The summed E-state index contributed by atoms with van der Waals surface area (Å²) in [6.45, 7) is 10.8. The van der Waals surface area contributed by atoms with Gasteiger partial charge in [-0.25, -0.2) is 0 Å². The molecule has 0 saturated heterocycles. The summed E-state index contributed by atoms with van der Waals surface area (Å²) < 4.78 is 52.7. The fourth-order valence-electron chi connectivity index (χ4n) is 2.02. The third-order valence-electron chi connectivity index (χ3n) is 3.61. The van der Waals surface area contributed by atoms with Crippen LogP contribution in [0.3, 0.4) is 0 Å². The zero-order valence-corrected chi connectivity index (χ0v) is 21.0. The van der Waals surface area contributed by atoms with Crippen molar-refractivity contribution in [2.24, 2.45) is 17.3 Å². The van der Waals surface area contributed by atoms with E-state index in [0.717, 1.165) is 23.5 Å². The Labute approximate surface area is 182 Å². The van der Waals surface area contributed by atoms with Crippen LogP contribution in [-0.2, 0) is 23.2 Å². The Hall–Kier alpha value is 0.0500. The van der Waals surface area contributed by atoms with Gasteiger partial charge in [0.15, 0.2) is 10.2 Å². The van der Waals surface area contributed by atoms with Crippen LogP contribution in [0.1, 0.15) is 61.3 Å². The number of halogens is 2. The van der Waals surface area contributed by atoms with Crippen LogP contribution in [0.25, 0.3) is 0 Å². The number of carbonyl (C=O) groups is 2. The lowest BCUT2D eigenvalue weighted by Gasteiger charge is -2.35. The molecular weight excluding hydrogens is 441 g/mol. The topological polar surface area (TPSA) is 69.7 Å². The molecule has 0 bridgehead atoms. The molecule has 172 valence electrons. The van der Waals surface area contributed by atoms with E-state index >= 15 is 0 Å². The monoisotopic (exact) mass is 476 g/mol. The minimum atomic E-state index is -4.80. The van der Waals surface area contributed by atoms with Gasteiger partial charge in [0.1, 0.15) is 0 Å². The van der Waals surface area contributed by atoms with Crippen LogP contribution in [0.4, 0.5) is 8.78 Å². The number of thioether (sulfide) groups is 2. The van der Waals surface area contributed by atoms with E-state index in [9.17, 15) is 22.9 Å². The summed E-state index contributed by atoms with van der Waals surface area (Å²) in [6, 6.07) is 0. The standard InChI is InChI=1S/C19H35F2O5PS2/c1-14(2)12-16(22)28-10-8-25-27(24,19(20,21)18(5,6)7)26-9-11-29-17(23)13-15(3)4/h14-15H,8-13H2,1-7H3. The van der Waals surface area contributed by atoms with E-state index < -0.39 is 18.7 Å². The summed E-state index contributed by atoms with van der Waals surface area (Å²) in [5, 5.41) is -0.135. The molecule has 0 aliphatic carbocycles. The maximum absolute atomic E-state index is 14.8. The van der Waals surface area contributed by atoms with E-state index in [1.807, 2.05) is 27.7 Å². The zero-order valence-electron chi connectivity index (χ0n) is 18.5. The lowest BCUT2D eigenvalue weighted by Crippen LogP contribution is -2.35. The molecule has 0 aliphatic rings. The second-order valence-corrected chi connectivity index (χ2v) is 13.0. The Morgan fingerprint density at radius 2 is 1.21 bits per heavy atom. The second-order valence-electron chi connectivity index (χ2n) is 8.59. The number of hydrogen-bond acceptors (Lipinski definition) is 7. The Balaban J connectivity index is 4.86. The van der Waals surface area contributed by atoms with Crippen molar-refractivity contribution in [1.29, 1.82) is 0 Å². The lowest BCUT2D eigenvalue weighted by atomic mass is 9.97. The lowest BCUT2D eigenvalue weighted by molar-refractivity contribution is -0.112. The first-order valence-corrected chi connectivity index (χ1v) is 13.2. The maximum Gasteiger partial charge on any atom is 0.400 e. The molecule has 0 N–H and O–H groups in total. The third-order valence-corrected chi connectivity index (χ3v) is 7.73. The molecule has 0 aromatic carbocycles. The summed E-state index contributed by atoms with van der Waals surface area (Å²) in [5.74, 6) is 0.625. The van der Waals surface area contributed by atoms with Gasteiger partial charge in [0, 0.05) is 29.8 Å². The molecule has 0 atom stereocenters. The molecular formula is C19H35F2O5PS2. The van der Waals surface area contributed by atoms with E-state index in [0.29, 0.717) is 12.8 Å². The molecule has 5 nitrogen and oxygen atoms in total. The van der Waals surface area contributed by atoms with Crippen molar-refractivity contribution in [1.82, 2.24) is 0 Å². The number of hydrogen-bond donors (Lipinski definition) is 0. The van der Waals surface area contributed by atoms with Gasteiger partial charge in [-0.05, 0) is 11.8 Å². The predicted molar refractivity (Wildman–Crippen MR) is 118 cm³/mol. The summed E-state index contributed by atoms with van der Waals surface area (Å²) >= 11 is 1.93. The Morgan fingerprint density at radius 1 is 0.862 bits per heavy atom. The molecule has 0 radical (unpaired) electrons. The summed E-state index contributed by atoms with van der Waals surface area (Å²) in [5.41, 5.74) is -5.37. The van der Waals surface area contributed by atoms with Crippen LogP contribution in [0.5, 0.6) is 0 Å². The maximum atomic E-state index is 14.8. The highest BCUT2D eigenvalue weighted by Gasteiger charge is 2.61. The van der Waals surface area contributed by atoms with Crippen molar-refractivity contribution in [3.63, 3.8) is 0 Å². The zero-order chi connectivity index (χ0) is 22.9. The first-order chi connectivity index (χ1) is 13.1. The van der Waals surface area contributed by atoms with Crippen LogP contribution in [0.15, 0.2) is 0 Å². The molecule has 0 amide bonds. The Bertz CT molecular complexity index is 543. The average Bonchev–Trinajstić information content (AvgIpc) is 2.53. The van der Waals surface area contributed by atoms with E-state index in [2.05, 4.69) is 0 Å². The van der Waals surface area contributed by atoms with Crippen molar-refractivity contribution in [3.05, 3.63) is 0 Å².